The third kappa shape index (κ3) is 3.22. The zero-order valence-electron chi connectivity index (χ0n) is 13.3. The lowest BCUT2D eigenvalue weighted by Crippen LogP contribution is -2.44. The van der Waals surface area contributed by atoms with Crippen molar-refractivity contribution in [2.24, 2.45) is 0 Å². The van der Waals surface area contributed by atoms with Crippen molar-refractivity contribution in [3.63, 3.8) is 0 Å². The molecule has 0 spiro atoms. The number of rotatable bonds is 5. The Hall–Kier alpha value is -2.13. The van der Waals surface area contributed by atoms with Crippen molar-refractivity contribution >= 4 is 32.7 Å². The van der Waals surface area contributed by atoms with Gasteiger partial charge < -0.3 is 15.3 Å². The van der Waals surface area contributed by atoms with Crippen LogP contribution in [-0.2, 0) is 14.8 Å². The average molecular weight is 352 g/mol. The largest absolute Gasteiger partial charge is 0.325 e. The van der Waals surface area contributed by atoms with Crippen LogP contribution < -0.4 is 11.0 Å². The molecule has 0 radical (unpaired) electrons. The van der Waals surface area contributed by atoms with Gasteiger partial charge in [0.15, 0.2) is 0 Å². The molecule has 1 amide bonds. The molecule has 1 fully saturated rings. The van der Waals surface area contributed by atoms with E-state index in [0.717, 1.165) is 0 Å². The third-order valence-electron chi connectivity index (χ3n) is 4.11. The van der Waals surface area contributed by atoms with Crippen LogP contribution in [0, 0.1) is 0 Å². The molecule has 1 aliphatic heterocycles. The number of anilines is 1. The number of nitrogens with one attached hydrogen (secondary N) is 3. The quantitative estimate of drug-likeness (QED) is 0.744. The summed E-state index contributed by atoms with van der Waals surface area (Å²) < 4.78 is 25.9. The number of fused-ring (bicyclic) bond motifs is 1. The Morgan fingerprint density at radius 3 is 2.83 bits per heavy atom. The molecular formula is C15H20N4O4S. The molecule has 3 rings (SSSR count). The highest BCUT2D eigenvalue weighted by Gasteiger charge is 2.38. The zero-order valence-corrected chi connectivity index (χ0v) is 14.1. The zero-order chi connectivity index (χ0) is 17.3. The van der Waals surface area contributed by atoms with Gasteiger partial charge in [0.25, 0.3) is 0 Å². The first kappa shape index (κ1) is 16.7. The van der Waals surface area contributed by atoms with Gasteiger partial charge in [0.2, 0.25) is 15.9 Å². The summed E-state index contributed by atoms with van der Waals surface area (Å²) >= 11 is 0. The first-order valence-electron chi connectivity index (χ1n) is 7.93. The number of aromatic amines is 2. The van der Waals surface area contributed by atoms with Crippen molar-refractivity contribution in [3.05, 3.63) is 28.7 Å². The topological polar surface area (TPSA) is 115 Å². The van der Waals surface area contributed by atoms with Crippen LogP contribution in [0.4, 0.5) is 5.69 Å². The van der Waals surface area contributed by atoms with Crippen LogP contribution in [0.25, 0.3) is 11.0 Å². The maximum absolute atomic E-state index is 12.5. The highest BCUT2D eigenvalue weighted by molar-refractivity contribution is 7.89. The number of H-pyrrole nitrogens is 2. The monoisotopic (exact) mass is 352 g/mol. The number of amides is 1. The van der Waals surface area contributed by atoms with Crippen LogP contribution in [0.15, 0.2) is 23.0 Å². The summed E-state index contributed by atoms with van der Waals surface area (Å²) in [5.74, 6) is -0.294. The second-order valence-electron chi connectivity index (χ2n) is 5.91. The van der Waals surface area contributed by atoms with Gasteiger partial charge in [-0.15, -0.1) is 0 Å². The molecule has 3 N–H and O–H groups in total. The van der Waals surface area contributed by atoms with Gasteiger partial charge in [-0.05, 0) is 37.5 Å². The normalized spacial score (nSPS) is 19.0. The van der Waals surface area contributed by atoms with E-state index < -0.39 is 16.1 Å². The average Bonchev–Trinajstić information content (AvgIpc) is 3.12. The summed E-state index contributed by atoms with van der Waals surface area (Å²) in [5, 5.41) is 2.75. The summed E-state index contributed by atoms with van der Waals surface area (Å²) in [6, 6.07) is 4.32. The molecule has 1 aliphatic rings. The number of imidazole rings is 1. The smallest absolute Gasteiger partial charge is 0.323 e. The third-order valence-corrected chi connectivity index (χ3v) is 6.19. The molecule has 2 aromatic rings. The van der Waals surface area contributed by atoms with E-state index in [1.165, 1.54) is 4.31 Å². The summed E-state index contributed by atoms with van der Waals surface area (Å²) in [6.07, 6.45) is 1.70. The standard InChI is InChI=1S/C15H20N4O4S/c1-2-8-24(22,23)19-7-3-4-13(19)14(20)16-10-5-6-11-12(9-10)18-15(21)17-11/h5-6,9,13H,2-4,7-8H2,1H3,(H,16,20)(H2,17,18,21). The Balaban J connectivity index is 1.78. The van der Waals surface area contributed by atoms with Gasteiger partial charge in [0, 0.05) is 12.2 Å². The minimum atomic E-state index is -3.41. The van der Waals surface area contributed by atoms with Gasteiger partial charge in [-0.2, -0.15) is 4.31 Å². The van der Waals surface area contributed by atoms with Crippen molar-refractivity contribution in [2.75, 3.05) is 17.6 Å². The van der Waals surface area contributed by atoms with E-state index >= 15 is 0 Å². The Bertz CT molecular complexity index is 915. The van der Waals surface area contributed by atoms with Gasteiger partial charge in [-0.3, -0.25) is 4.79 Å². The fourth-order valence-corrected chi connectivity index (χ4v) is 4.79. The molecule has 1 aromatic heterocycles. The maximum Gasteiger partial charge on any atom is 0.323 e. The van der Waals surface area contributed by atoms with Gasteiger partial charge in [0.05, 0.1) is 16.8 Å². The Labute approximate surface area is 139 Å². The van der Waals surface area contributed by atoms with Crippen LogP contribution in [-0.4, -0.2) is 46.9 Å². The van der Waals surface area contributed by atoms with E-state index in [-0.39, 0.29) is 17.3 Å². The van der Waals surface area contributed by atoms with Crippen molar-refractivity contribution in [1.82, 2.24) is 14.3 Å². The molecule has 2 heterocycles. The number of carbonyl (C=O) groups excluding carboxylic acids is 1. The number of benzene rings is 1. The van der Waals surface area contributed by atoms with Crippen LogP contribution >= 0.6 is 0 Å². The molecule has 24 heavy (non-hydrogen) atoms. The molecule has 130 valence electrons. The number of hydrogen-bond acceptors (Lipinski definition) is 4. The van der Waals surface area contributed by atoms with Gasteiger partial charge in [-0.25, -0.2) is 13.2 Å². The highest BCUT2D eigenvalue weighted by Crippen LogP contribution is 2.24. The lowest BCUT2D eigenvalue weighted by molar-refractivity contribution is -0.119. The molecule has 0 aliphatic carbocycles. The first-order chi connectivity index (χ1) is 11.4. The molecule has 1 saturated heterocycles. The summed E-state index contributed by atoms with van der Waals surface area (Å²) in [4.78, 5) is 29.0. The fourth-order valence-electron chi connectivity index (χ4n) is 3.05. The van der Waals surface area contributed by atoms with Crippen molar-refractivity contribution in [1.29, 1.82) is 0 Å². The first-order valence-corrected chi connectivity index (χ1v) is 9.54. The Kier molecular flexibility index (Phi) is 4.46. The molecular weight excluding hydrogens is 332 g/mol. The van der Waals surface area contributed by atoms with Crippen molar-refractivity contribution < 1.29 is 13.2 Å². The van der Waals surface area contributed by atoms with E-state index in [4.69, 9.17) is 0 Å². The van der Waals surface area contributed by atoms with Gasteiger partial charge in [-0.1, -0.05) is 6.92 Å². The van der Waals surface area contributed by atoms with Crippen molar-refractivity contribution in [3.8, 4) is 0 Å². The second kappa shape index (κ2) is 6.40. The second-order valence-corrected chi connectivity index (χ2v) is 7.95. The minimum absolute atomic E-state index is 0.0489. The highest BCUT2D eigenvalue weighted by atomic mass is 32.2. The van der Waals surface area contributed by atoms with E-state index in [0.29, 0.717) is 42.5 Å². The van der Waals surface area contributed by atoms with E-state index in [1.54, 1.807) is 25.1 Å². The SMILES string of the molecule is CCCS(=O)(=O)N1CCCC1C(=O)Nc1ccc2[nH]c(=O)[nH]c2c1. The number of sulfonamides is 1. The van der Waals surface area contributed by atoms with Gasteiger partial charge in [0.1, 0.15) is 6.04 Å². The number of aromatic nitrogens is 2. The van der Waals surface area contributed by atoms with Crippen LogP contribution in [0.3, 0.4) is 0 Å². The lowest BCUT2D eigenvalue weighted by Gasteiger charge is -2.23. The predicted molar refractivity (Wildman–Crippen MR) is 91.4 cm³/mol. The van der Waals surface area contributed by atoms with Crippen molar-refractivity contribution in [2.45, 2.75) is 32.2 Å². The molecule has 1 aromatic carbocycles. The Morgan fingerprint density at radius 1 is 1.33 bits per heavy atom. The lowest BCUT2D eigenvalue weighted by atomic mass is 10.2. The molecule has 8 nitrogen and oxygen atoms in total. The predicted octanol–water partition coefficient (Wildman–Crippen LogP) is 0.999. The van der Waals surface area contributed by atoms with E-state index in [9.17, 15) is 18.0 Å². The summed E-state index contributed by atoms with van der Waals surface area (Å²) in [6.45, 7) is 2.18. The summed E-state index contributed by atoms with van der Waals surface area (Å²) in [5.41, 5.74) is 1.43. The maximum atomic E-state index is 12.5. The molecule has 0 saturated carbocycles. The van der Waals surface area contributed by atoms with Gasteiger partial charge >= 0.3 is 5.69 Å². The summed E-state index contributed by atoms with van der Waals surface area (Å²) in [7, 11) is -3.41. The van der Waals surface area contributed by atoms with E-state index in [2.05, 4.69) is 15.3 Å². The molecule has 9 heteroatoms. The van der Waals surface area contributed by atoms with Crippen LogP contribution in [0.2, 0.25) is 0 Å². The minimum Gasteiger partial charge on any atom is -0.325 e. The molecule has 0 bridgehead atoms. The Morgan fingerprint density at radius 2 is 2.08 bits per heavy atom. The molecule has 1 unspecified atom stereocenters. The molecule has 1 atom stereocenters. The number of hydrogen-bond donors (Lipinski definition) is 3. The fraction of sp³-hybridized carbons (Fsp3) is 0.467. The van der Waals surface area contributed by atoms with Crippen LogP contribution in [0.5, 0.6) is 0 Å². The van der Waals surface area contributed by atoms with Crippen LogP contribution in [0.1, 0.15) is 26.2 Å². The number of nitrogens with zero attached hydrogens (tertiary/aromatic N) is 1. The number of carbonyl (C=O) groups is 1. The van der Waals surface area contributed by atoms with E-state index in [1.807, 2.05) is 0 Å².